The van der Waals surface area contributed by atoms with Gasteiger partial charge < -0.3 is 19.7 Å². The van der Waals surface area contributed by atoms with Gasteiger partial charge in [-0.25, -0.2) is 4.98 Å². The predicted molar refractivity (Wildman–Crippen MR) is 128 cm³/mol. The summed E-state index contributed by atoms with van der Waals surface area (Å²) < 4.78 is 42.2. The summed E-state index contributed by atoms with van der Waals surface area (Å²) in [6, 6.07) is 15.3. The lowest BCUT2D eigenvalue weighted by atomic mass is 9.94. The van der Waals surface area contributed by atoms with Gasteiger partial charge in [-0.1, -0.05) is 42.5 Å². The Labute approximate surface area is 210 Å². The number of aliphatic hydroxyl groups is 1. The summed E-state index contributed by atoms with van der Waals surface area (Å²) in [5, 5.41) is 10.7. The van der Waals surface area contributed by atoms with Crippen LogP contribution in [-0.4, -0.2) is 45.2 Å². The Morgan fingerprint density at radius 1 is 1.16 bits per heavy atom. The third kappa shape index (κ3) is 5.24. The van der Waals surface area contributed by atoms with Crippen molar-refractivity contribution in [2.24, 2.45) is 0 Å². The number of rotatable bonds is 6. The molecule has 1 amide bonds. The molecule has 5 rings (SSSR count). The molecular weight excluding hydrogens is 487 g/mol. The van der Waals surface area contributed by atoms with Gasteiger partial charge in [-0.05, 0) is 48.9 Å². The van der Waals surface area contributed by atoms with Crippen molar-refractivity contribution in [2.75, 3.05) is 13.2 Å². The fourth-order valence-corrected chi connectivity index (χ4v) is 4.84. The standard InChI is InChI=1S/C27H26F3N3O4/c28-27(29,30)16-37-19-9-4-6-17(14-19)22(34)24(36)33-13-5-10-21-20(15-33)23(35)32-25(31-21)26(11-12-26)18-7-2-1-3-8-18/h1-4,6-9,14,22,34H,5,10-13,15-16H2,(H,31,32,35). The molecule has 1 aliphatic carbocycles. The summed E-state index contributed by atoms with van der Waals surface area (Å²) in [5.74, 6) is -0.117. The Hall–Kier alpha value is -3.66. The van der Waals surface area contributed by atoms with Gasteiger partial charge in [0.1, 0.15) is 11.6 Å². The quantitative estimate of drug-likeness (QED) is 0.523. The van der Waals surface area contributed by atoms with Gasteiger partial charge in [-0.3, -0.25) is 9.59 Å². The van der Waals surface area contributed by atoms with E-state index in [1.54, 1.807) is 0 Å². The normalized spacial score (nSPS) is 17.5. The lowest BCUT2D eigenvalue weighted by Gasteiger charge is -2.24. The monoisotopic (exact) mass is 513 g/mol. The predicted octanol–water partition coefficient (Wildman–Crippen LogP) is 3.80. The van der Waals surface area contributed by atoms with Crippen LogP contribution in [-0.2, 0) is 23.2 Å². The highest BCUT2D eigenvalue weighted by Crippen LogP contribution is 2.51. The molecule has 10 heteroatoms. The number of nitrogens with one attached hydrogen (secondary N) is 1. The third-order valence-electron chi connectivity index (χ3n) is 6.94. The average Bonchev–Trinajstić information content (AvgIpc) is 3.71. The van der Waals surface area contributed by atoms with Crippen molar-refractivity contribution in [3.8, 4) is 5.75 Å². The SMILES string of the molecule is O=C(C(O)c1cccc(OCC(F)(F)F)c1)N1CCCc2nc(C3(c4ccccc4)CC3)[nH]c(=O)c2C1. The largest absolute Gasteiger partial charge is 0.484 e. The van der Waals surface area contributed by atoms with Crippen LogP contribution in [0.1, 0.15) is 53.6 Å². The van der Waals surface area contributed by atoms with E-state index in [-0.39, 0.29) is 28.8 Å². The van der Waals surface area contributed by atoms with Crippen LogP contribution < -0.4 is 10.3 Å². The second kappa shape index (κ2) is 9.66. The Morgan fingerprint density at radius 3 is 2.62 bits per heavy atom. The number of nitrogens with zero attached hydrogens (tertiary/aromatic N) is 2. The molecule has 0 saturated heterocycles. The molecule has 194 valence electrons. The van der Waals surface area contributed by atoms with E-state index in [0.29, 0.717) is 36.5 Å². The smallest absolute Gasteiger partial charge is 0.422 e. The van der Waals surface area contributed by atoms with Gasteiger partial charge in [0.2, 0.25) is 0 Å². The molecule has 1 fully saturated rings. The number of halogens is 3. The first-order valence-electron chi connectivity index (χ1n) is 12.1. The number of aromatic amines is 1. The molecule has 7 nitrogen and oxygen atoms in total. The maximum Gasteiger partial charge on any atom is 0.422 e. The van der Waals surface area contributed by atoms with E-state index >= 15 is 0 Å². The molecule has 1 aliphatic heterocycles. The lowest BCUT2D eigenvalue weighted by Crippen LogP contribution is -2.36. The van der Waals surface area contributed by atoms with Crippen LogP contribution in [0.15, 0.2) is 59.4 Å². The highest BCUT2D eigenvalue weighted by Gasteiger charge is 2.48. The van der Waals surface area contributed by atoms with E-state index < -0.39 is 24.8 Å². The van der Waals surface area contributed by atoms with Crippen LogP contribution in [0.25, 0.3) is 0 Å². The molecular formula is C27H26F3N3O4. The maximum atomic E-state index is 13.1. The Balaban J connectivity index is 1.35. The van der Waals surface area contributed by atoms with E-state index in [1.807, 2.05) is 30.3 Å². The van der Waals surface area contributed by atoms with Crippen molar-refractivity contribution >= 4 is 5.91 Å². The fraction of sp³-hybridized carbons (Fsp3) is 0.370. The first-order chi connectivity index (χ1) is 17.7. The molecule has 37 heavy (non-hydrogen) atoms. The highest BCUT2D eigenvalue weighted by atomic mass is 19.4. The number of hydrogen-bond donors (Lipinski definition) is 2. The molecule has 0 radical (unpaired) electrons. The number of alkyl halides is 3. The summed E-state index contributed by atoms with van der Waals surface area (Å²) in [4.78, 5) is 35.5. The minimum Gasteiger partial charge on any atom is -0.484 e. The second-order valence-electron chi connectivity index (χ2n) is 9.53. The number of fused-ring (bicyclic) bond motifs is 1. The molecule has 1 aromatic heterocycles. The van der Waals surface area contributed by atoms with Gasteiger partial charge in [0.05, 0.1) is 23.2 Å². The van der Waals surface area contributed by atoms with Crippen LogP contribution in [0.2, 0.25) is 0 Å². The lowest BCUT2D eigenvalue weighted by molar-refractivity contribution is -0.153. The number of benzene rings is 2. The molecule has 2 aromatic carbocycles. The summed E-state index contributed by atoms with van der Waals surface area (Å²) in [5.41, 5.74) is 1.63. The zero-order valence-electron chi connectivity index (χ0n) is 19.9. The van der Waals surface area contributed by atoms with E-state index in [0.717, 1.165) is 18.4 Å². The van der Waals surface area contributed by atoms with Gasteiger partial charge >= 0.3 is 6.18 Å². The Morgan fingerprint density at radius 2 is 1.92 bits per heavy atom. The molecule has 2 heterocycles. The van der Waals surface area contributed by atoms with Crippen molar-refractivity contribution in [1.82, 2.24) is 14.9 Å². The molecule has 1 atom stereocenters. The minimum absolute atomic E-state index is 0.0174. The summed E-state index contributed by atoms with van der Waals surface area (Å²) in [7, 11) is 0. The van der Waals surface area contributed by atoms with Crippen molar-refractivity contribution in [1.29, 1.82) is 0 Å². The van der Waals surface area contributed by atoms with Crippen LogP contribution >= 0.6 is 0 Å². The highest BCUT2D eigenvalue weighted by molar-refractivity contribution is 5.82. The Bertz CT molecular complexity index is 1350. The molecule has 1 unspecified atom stereocenters. The van der Waals surface area contributed by atoms with Crippen LogP contribution in [0.5, 0.6) is 5.75 Å². The second-order valence-corrected chi connectivity index (χ2v) is 9.53. The summed E-state index contributed by atoms with van der Waals surface area (Å²) >= 11 is 0. The van der Waals surface area contributed by atoms with Gasteiger partial charge in [-0.2, -0.15) is 13.2 Å². The van der Waals surface area contributed by atoms with Crippen LogP contribution in [0.4, 0.5) is 13.2 Å². The van der Waals surface area contributed by atoms with Crippen LogP contribution in [0.3, 0.4) is 0 Å². The maximum absolute atomic E-state index is 13.1. The first kappa shape index (κ1) is 25.0. The van der Waals surface area contributed by atoms with E-state index in [1.165, 1.54) is 29.2 Å². The zero-order chi connectivity index (χ0) is 26.2. The number of ether oxygens (including phenoxy) is 1. The molecule has 3 aromatic rings. The molecule has 2 N–H and O–H groups in total. The first-order valence-corrected chi connectivity index (χ1v) is 12.1. The third-order valence-corrected chi connectivity index (χ3v) is 6.94. The zero-order valence-corrected chi connectivity index (χ0v) is 19.9. The number of H-pyrrole nitrogens is 1. The summed E-state index contributed by atoms with van der Waals surface area (Å²) in [6.45, 7) is -1.20. The number of amides is 1. The van der Waals surface area contributed by atoms with Crippen molar-refractivity contribution < 1.29 is 27.8 Å². The average molecular weight is 514 g/mol. The van der Waals surface area contributed by atoms with E-state index in [9.17, 15) is 27.9 Å². The topological polar surface area (TPSA) is 95.5 Å². The summed E-state index contributed by atoms with van der Waals surface area (Å²) in [6.07, 6.45) is -3.28. The van der Waals surface area contributed by atoms with E-state index in [2.05, 4.69) is 4.98 Å². The number of aliphatic hydroxyl groups excluding tert-OH is 1. The number of carbonyl (C=O) groups excluding carboxylic acids is 1. The molecule has 2 aliphatic rings. The number of aromatic nitrogens is 2. The van der Waals surface area contributed by atoms with Gasteiger partial charge in [0, 0.05) is 6.54 Å². The van der Waals surface area contributed by atoms with Crippen LogP contribution in [0, 0.1) is 0 Å². The minimum atomic E-state index is -4.51. The molecule has 0 bridgehead atoms. The van der Waals surface area contributed by atoms with Crippen molar-refractivity contribution in [2.45, 2.75) is 49.9 Å². The van der Waals surface area contributed by atoms with Crippen molar-refractivity contribution in [3.05, 3.63) is 93.2 Å². The number of aryl methyl sites for hydroxylation is 1. The Kier molecular flexibility index (Phi) is 6.53. The number of carbonyl (C=O) groups is 1. The molecule has 0 spiro atoms. The molecule has 1 saturated carbocycles. The van der Waals surface area contributed by atoms with E-state index in [4.69, 9.17) is 9.72 Å². The fourth-order valence-electron chi connectivity index (χ4n) is 4.84. The van der Waals surface area contributed by atoms with Gasteiger partial charge in [-0.15, -0.1) is 0 Å². The van der Waals surface area contributed by atoms with Crippen molar-refractivity contribution in [3.63, 3.8) is 0 Å². The van der Waals surface area contributed by atoms with Gasteiger partial charge in [0.15, 0.2) is 12.7 Å². The van der Waals surface area contributed by atoms with Gasteiger partial charge in [0.25, 0.3) is 11.5 Å². The number of hydrogen-bond acceptors (Lipinski definition) is 5.